The number of halogens is 1. The molecule has 2 amide bonds. The van der Waals surface area contributed by atoms with Gasteiger partial charge in [-0.05, 0) is 47.9 Å². The summed E-state index contributed by atoms with van der Waals surface area (Å²) in [4.78, 5) is 26.2. The van der Waals surface area contributed by atoms with E-state index in [4.69, 9.17) is 17.3 Å². The summed E-state index contributed by atoms with van der Waals surface area (Å²) in [5, 5.41) is 6.25. The smallest absolute Gasteiger partial charge is 0.290 e. The molecule has 4 N–H and O–H groups in total. The molecule has 31 heavy (non-hydrogen) atoms. The Morgan fingerprint density at radius 1 is 1.19 bits per heavy atom. The number of carbonyl (C=O) groups excluding carboxylic acids is 2. The van der Waals surface area contributed by atoms with Crippen molar-refractivity contribution in [2.24, 2.45) is 5.73 Å². The maximum atomic E-state index is 12.0. The molecule has 2 aliphatic heterocycles. The number of hydrogen-bond acceptors (Lipinski definition) is 6. The lowest BCUT2D eigenvalue weighted by Crippen LogP contribution is -2.45. The summed E-state index contributed by atoms with van der Waals surface area (Å²) in [6.45, 7) is 3.05. The Balaban J connectivity index is 1.48. The van der Waals surface area contributed by atoms with Crippen LogP contribution in [0.3, 0.4) is 0 Å². The van der Waals surface area contributed by atoms with E-state index in [0.29, 0.717) is 22.5 Å². The Kier molecular flexibility index (Phi) is 6.97. The molecule has 0 radical (unpaired) electrons. The minimum absolute atomic E-state index is 0.324. The van der Waals surface area contributed by atoms with Gasteiger partial charge in [0.2, 0.25) is 0 Å². The number of hydrogen-bond donors (Lipinski definition) is 3. The van der Waals surface area contributed by atoms with Gasteiger partial charge in [0.25, 0.3) is 11.1 Å². The third-order valence-corrected chi connectivity index (χ3v) is 6.65. The van der Waals surface area contributed by atoms with E-state index in [9.17, 15) is 9.59 Å². The minimum atomic E-state index is -0.361. The molecule has 2 heterocycles. The highest BCUT2D eigenvalue weighted by atomic mass is 35.5. The number of carbonyl (C=O) groups is 2. The first-order valence-electron chi connectivity index (χ1n) is 10.3. The molecule has 2 aromatic rings. The highest BCUT2D eigenvalue weighted by Gasteiger charge is 2.27. The highest BCUT2D eigenvalue weighted by Crippen LogP contribution is 2.35. The number of nitrogens with two attached hydrogens (primary N) is 1. The average Bonchev–Trinajstić information content (AvgIpc) is 3.09. The van der Waals surface area contributed by atoms with Crippen LogP contribution < -0.4 is 21.3 Å². The monoisotopic (exact) mass is 456 g/mol. The van der Waals surface area contributed by atoms with Crippen molar-refractivity contribution in [2.75, 3.05) is 18.0 Å². The van der Waals surface area contributed by atoms with Crippen LogP contribution in [0.25, 0.3) is 6.08 Å². The standard InChI is InChI=1S/C23H25ClN4O2S/c24-19-5-1-3-17(11-20-22(29)27-23(30)31-20)21(19)28-10-2-4-18(14-28)26-13-16-8-6-15(12-25)7-9-16/h1,3,5-9,11,18,26H,2,4,10,12-14,25H2,(H,27,29,30)/t18-/m1/s1. The fraction of sp³-hybridized carbons (Fsp3) is 0.304. The molecule has 0 bridgehead atoms. The largest absolute Gasteiger partial charge is 0.368 e. The second-order valence-corrected chi connectivity index (χ2v) is 9.14. The number of nitrogens with one attached hydrogen (secondary N) is 2. The van der Waals surface area contributed by atoms with Crippen molar-refractivity contribution in [1.29, 1.82) is 0 Å². The van der Waals surface area contributed by atoms with E-state index in [0.717, 1.165) is 61.1 Å². The summed E-state index contributed by atoms with van der Waals surface area (Å²) >= 11 is 7.50. The zero-order chi connectivity index (χ0) is 21.8. The van der Waals surface area contributed by atoms with Crippen LogP contribution in [-0.2, 0) is 17.9 Å². The summed E-state index contributed by atoms with van der Waals surface area (Å²) in [6.07, 6.45) is 3.88. The Morgan fingerprint density at radius 2 is 1.97 bits per heavy atom. The predicted molar refractivity (Wildman–Crippen MR) is 127 cm³/mol. The van der Waals surface area contributed by atoms with E-state index in [-0.39, 0.29) is 11.1 Å². The van der Waals surface area contributed by atoms with Crippen LogP contribution in [0.2, 0.25) is 5.02 Å². The van der Waals surface area contributed by atoms with Crippen molar-refractivity contribution >= 4 is 46.3 Å². The van der Waals surface area contributed by atoms with Gasteiger partial charge >= 0.3 is 0 Å². The second-order valence-electron chi connectivity index (χ2n) is 7.72. The van der Waals surface area contributed by atoms with Crippen LogP contribution in [-0.4, -0.2) is 30.3 Å². The van der Waals surface area contributed by atoms with E-state index in [1.165, 1.54) is 5.56 Å². The summed E-state index contributed by atoms with van der Waals surface area (Å²) in [5.74, 6) is -0.361. The van der Waals surface area contributed by atoms with Gasteiger partial charge < -0.3 is 16.0 Å². The van der Waals surface area contributed by atoms with Gasteiger partial charge in [0.15, 0.2) is 0 Å². The molecular formula is C23H25ClN4O2S. The summed E-state index contributed by atoms with van der Waals surface area (Å²) in [6, 6.07) is 14.3. The van der Waals surface area contributed by atoms with E-state index in [1.807, 2.05) is 18.2 Å². The minimum Gasteiger partial charge on any atom is -0.368 e. The summed E-state index contributed by atoms with van der Waals surface area (Å²) in [7, 11) is 0. The predicted octanol–water partition coefficient (Wildman–Crippen LogP) is 3.88. The number of amides is 2. The van der Waals surface area contributed by atoms with Crippen LogP contribution in [0.4, 0.5) is 10.5 Å². The first kappa shape index (κ1) is 21.9. The molecule has 4 rings (SSSR count). The van der Waals surface area contributed by atoms with Gasteiger partial charge in [0, 0.05) is 37.8 Å². The number of nitrogens with zero attached hydrogens (tertiary/aromatic N) is 1. The van der Waals surface area contributed by atoms with Crippen LogP contribution in [0, 0.1) is 0 Å². The van der Waals surface area contributed by atoms with Crippen molar-refractivity contribution in [2.45, 2.75) is 32.0 Å². The number of thioether (sulfide) groups is 1. The number of rotatable bonds is 6. The molecule has 0 aromatic heterocycles. The van der Waals surface area contributed by atoms with Gasteiger partial charge in [0.1, 0.15) is 0 Å². The fourth-order valence-electron chi connectivity index (χ4n) is 3.95. The lowest BCUT2D eigenvalue weighted by atomic mass is 10.0. The highest BCUT2D eigenvalue weighted by molar-refractivity contribution is 8.18. The Bertz CT molecular complexity index is 1010. The Hall–Kier alpha value is -2.32. The van der Waals surface area contributed by atoms with Crippen molar-refractivity contribution in [3.05, 3.63) is 69.1 Å². The van der Waals surface area contributed by atoms with Crippen LogP contribution in [0.5, 0.6) is 0 Å². The Morgan fingerprint density at radius 3 is 2.68 bits per heavy atom. The van der Waals surface area contributed by atoms with Crippen molar-refractivity contribution in [3.63, 3.8) is 0 Å². The van der Waals surface area contributed by atoms with E-state index in [2.05, 4.69) is 39.8 Å². The van der Waals surface area contributed by atoms with Crippen LogP contribution in [0.15, 0.2) is 47.4 Å². The Labute approximate surface area is 191 Å². The maximum Gasteiger partial charge on any atom is 0.290 e. The topological polar surface area (TPSA) is 87.5 Å². The van der Waals surface area contributed by atoms with E-state index < -0.39 is 0 Å². The van der Waals surface area contributed by atoms with Crippen molar-refractivity contribution < 1.29 is 9.59 Å². The van der Waals surface area contributed by atoms with Crippen molar-refractivity contribution in [3.8, 4) is 0 Å². The normalized spacial score (nSPS) is 20.4. The van der Waals surface area contributed by atoms with Gasteiger partial charge in [-0.25, -0.2) is 0 Å². The fourth-order valence-corrected chi connectivity index (χ4v) is 4.92. The first-order valence-corrected chi connectivity index (χ1v) is 11.5. The molecule has 0 saturated carbocycles. The molecule has 1 atom stereocenters. The molecule has 0 aliphatic carbocycles. The quantitative estimate of drug-likeness (QED) is 0.572. The number of piperidine rings is 1. The van der Waals surface area contributed by atoms with Crippen molar-refractivity contribution in [1.82, 2.24) is 10.6 Å². The average molecular weight is 457 g/mol. The first-order chi connectivity index (χ1) is 15.0. The second kappa shape index (κ2) is 9.87. The zero-order valence-electron chi connectivity index (χ0n) is 17.1. The lowest BCUT2D eigenvalue weighted by molar-refractivity contribution is -0.115. The molecule has 162 valence electrons. The molecule has 2 saturated heterocycles. The maximum absolute atomic E-state index is 12.0. The summed E-state index contributed by atoms with van der Waals surface area (Å²) < 4.78 is 0. The SMILES string of the molecule is NCc1ccc(CN[C@@H]2CCCN(c3c(Cl)cccc3C=C3SC(=O)NC3=O)C2)cc1. The number of para-hydroxylation sites is 1. The number of benzene rings is 2. The molecule has 0 unspecified atom stereocenters. The molecule has 2 aromatic carbocycles. The van der Waals surface area contributed by atoms with Gasteiger partial charge in [-0.15, -0.1) is 0 Å². The van der Waals surface area contributed by atoms with Gasteiger partial charge in [-0.2, -0.15) is 0 Å². The summed E-state index contributed by atoms with van der Waals surface area (Å²) in [5.41, 5.74) is 9.78. The molecule has 2 fully saturated rings. The van der Waals surface area contributed by atoms with Crippen LogP contribution >= 0.6 is 23.4 Å². The van der Waals surface area contributed by atoms with E-state index in [1.54, 1.807) is 6.08 Å². The third kappa shape index (κ3) is 5.30. The molecule has 0 spiro atoms. The molecule has 8 heteroatoms. The third-order valence-electron chi connectivity index (χ3n) is 5.54. The zero-order valence-corrected chi connectivity index (χ0v) is 18.6. The van der Waals surface area contributed by atoms with Gasteiger partial charge in [0.05, 0.1) is 15.6 Å². The molecule has 6 nitrogen and oxygen atoms in total. The lowest BCUT2D eigenvalue weighted by Gasteiger charge is -2.36. The van der Waals surface area contributed by atoms with Gasteiger partial charge in [-0.3, -0.25) is 14.9 Å². The van der Waals surface area contributed by atoms with Crippen LogP contribution in [0.1, 0.15) is 29.5 Å². The number of anilines is 1. The van der Waals surface area contributed by atoms with Gasteiger partial charge in [-0.1, -0.05) is 48.0 Å². The molecule has 2 aliphatic rings. The van der Waals surface area contributed by atoms with E-state index >= 15 is 0 Å². The molecular weight excluding hydrogens is 432 g/mol. The number of imide groups is 1.